The number of sulfonamides is 1. The first kappa shape index (κ1) is 16.2. The number of hydrogen-bond acceptors (Lipinski definition) is 4. The molecule has 1 aromatic heterocycles. The maximum Gasteiger partial charge on any atom is 0.244 e. The van der Waals surface area contributed by atoms with Gasteiger partial charge in [-0.2, -0.15) is 4.31 Å². The monoisotopic (exact) mass is 305 g/mol. The predicted octanol–water partition coefficient (Wildman–Crippen LogP) is 2.44. The Morgan fingerprint density at radius 1 is 1.47 bits per heavy atom. The highest BCUT2D eigenvalue weighted by atomic mass is 35.5. The van der Waals surface area contributed by atoms with Crippen LogP contribution in [-0.2, 0) is 10.0 Å². The van der Waals surface area contributed by atoms with E-state index >= 15 is 0 Å². The quantitative estimate of drug-likeness (QED) is 0.877. The van der Waals surface area contributed by atoms with Gasteiger partial charge < -0.3 is 5.32 Å². The first-order valence-corrected chi connectivity index (χ1v) is 7.98. The third-order valence-electron chi connectivity index (χ3n) is 2.61. The van der Waals surface area contributed by atoms with Crippen molar-refractivity contribution in [2.45, 2.75) is 25.7 Å². The maximum absolute atomic E-state index is 12.5. The van der Waals surface area contributed by atoms with Crippen molar-refractivity contribution < 1.29 is 8.42 Å². The minimum Gasteiger partial charge on any atom is -0.372 e. The fourth-order valence-corrected chi connectivity index (χ4v) is 3.61. The average Bonchev–Trinajstić information content (AvgIpc) is 2.35. The van der Waals surface area contributed by atoms with Crippen molar-refractivity contribution in [2.75, 3.05) is 25.5 Å². The van der Waals surface area contributed by atoms with Gasteiger partial charge in [0.25, 0.3) is 0 Å². The second kappa shape index (κ2) is 6.54. The summed E-state index contributed by atoms with van der Waals surface area (Å²) in [7, 11) is -1.86. The molecule has 0 bridgehead atoms. The normalized spacial score (nSPS) is 12.2. The molecule has 0 aliphatic carbocycles. The van der Waals surface area contributed by atoms with Gasteiger partial charge in [-0.05, 0) is 12.0 Å². The summed E-state index contributed by atoms with van der Waals surface area (Å²) in [5.41, 5.74) is 0. The van der Waals surface area contributed by atoms with E-state index in [1.165, 1.54) is 16.6 Å². The number of nitrogens with zero attached hydrogens (tertiary/aromatic N) is 2. The summed E-state index contributed by atoms with van der Waals surface area (Å²) >= 11 is 5.98. The zero-order valence-electron chi connectivity index (χ0n) is 11.6. The number of nitrogens with one attached hydrogen (secondary N) is 1. The van der Waals surface area contributed by atoms with Crippen LogP contribution < -0.4 is 5.32 Å². The number of aromatic nitrogens is 1. The topological polar surface area (TPSA) is 62.3 Å². The van der Waals surface area contributed by atoms with Crippen LogP contribution in [0.25, 0.3) is 0 Å². The molecule has 0 unspecified atom stereocenters. The predicted molar refractivity (Wildman–Crippen MR) is 78.1 cm³/mol. The van der Waals surface area contributed by atoms with Crippen molar-refractivity contribution in [1.29, 1.82) is 0 Å². The summed E-state index contributed by atoms with van der Waals surface area (Å²) in [6.07, 6.45) is 1.33. The molecule has 19 heavy (non-hydrogen) atoms. The fourth-order valence-electron chi connectivity index (χ4n) is 1.70. The molecule has 0 saturated carbocycles. The summed E-state index contributed by atoms with van der Waals surface area (Å²) in [5.74, 6) is 0.724. The Labute approximate surface area is 120 Å². The van der Waals surface area contributed by atoms with Crippen LogP contribution in [0.2, 0.25) is 5.02 Å². The molecule has 1 rings (SSSR count). The van der Waals surface area contributed by atoms with Gasteiger partial charge in [0.15, 0.2) is 0 Å². The third-order valence-corrected chi connectivity index (χ3v) is 4.81. The lowest BCUT2D eigenvalue weighted by Gasteiger charge is -2.22. The zero-order chi connectivity index (χ0) is 14.6. The maximum atomic E-state index is 12.5. The van der Waals surface area contributed by atoms with Crippen molar-refractivity contribution in [2.24, 2.45) is 5.92 Å². The summed E-state index contributed by atoms with van der Waals surface area (Å²) in [5, 5.41) is 3.09. The standard InChI is InChI=1S/C12H20ClN3O2S/c1-5-16(8-9(2)3)19(17,18)10-6-11(13)12(14-4)15-7-10/h6-7,9H,5,8H2,1-4H3,(H,14,15). The minimum atomic E-state index is -3.54. The molecule has 0 radical (unpaired) electrons. The molecule has 0 aromatic carbocycles. The van der Waals surface area contributed by atoms with E-state index in [-0.39, 0.29) is 10.8 Å². The minimum absolute atomic E-state index is 0.124. The van der Waals surface area contributed by atoms with Crippen molar-refractivity contribution in [3.05, 3.63) is 17.3 Å². The number of anilines is 1. The Balaban J connectivity index is 3.15. The molecule has 0 saturated heterocycles. The largest absolute Gasteiger partial charge is 0.372 e. The van der Waals surface area contributed by atoms with Gasteiger partial charge in [-0.15, -0.1) is 0 Å². The SMILES string of the molecule is CCN(CC(C)C)S(=O)(=O)c1cnc(NC)c(Cl)c1. The Hall–Kier alpha value is -0.850. The van der Waals surface area contributed by atoms with Crippen molar-refractivity contribution >= 4 is 27.4 Å². The van der Waals surface area contributed by atoms with Crippen molar-refractivity contribution in [3.63, 3.8) is 0 Å². The summed E-state index contributed by atoms with van der Waals surface area (Å²) < 4.78 is 26.3. The van der Waals surface area contributed by atoms with Gasteiger partial charge in [-0.25, -0.2) is 13.4 Å². The molecule has 0 aliphatic heterocycles. The number of hydrogen-bond donors (Lipinski definition) is 1. The third kappa shape index (κ3) is 3.81. The zero-order valence-corrected chi connectivity index (χ0v) is 13.2. The average molecular weight is 306 g/mol. The second-order valence-electron chi connectivity index (χ2n) is 4.60. The van der Waals surface area contributed by atoms with E-state index in [1.807, 2.05) is 20.8 Å². The van der Waals surface area contributed by atoms with Gasteiger partial charge in [0.1, 0.15) is 10.7 Å². The van der Waals surface area contributed by atoms with Gasteiger partial charge in [-0.1, -0.05) is 32.4 Å². The lowest BCUT2D eigenvalue weighted by atomic mass is 10.2. The van der Waals surface area contributed by atoms with E-state index in [2.05, 4.69) is 10.3 Å². The molecule has 0 fully saturated rings. The Morgan fingerprint density at radius 2 is 2.11 bits per heavy atom. The Bertz CT molecular complexity index is 532. The van der Waals surface area contributed by atoms with Crippen molar-refractivity contribution in [1.82, 2.24) is 9.29 Å². The Morgan fingerprint density at radius 3 is 2.53 bits per heavy atom. The molecule has 0 aliphatic rings. The lowest BCUT2D eigenvalue weighted by molar-refractivity contribution is 0.381. The summed E-state index contributed by atoms with van der Waals surface area (Å²) in [6.45, 7) is 6.67. The highest BCUT2D eigenvalue weighted by Gasteiger charge is 2.24. The first-order valence-electron chi connectivity index (χ1n) is 6.16. The van der Waals surface area contributed by atoms with Crippen LogP contribution in [0.15, 0.2) is 17.2 Å². The number of halogens is 1. The van der Waals surface area contributed by atoms with Crippen LogP contribution in [0, 0.1) is 5.92 Å². The van der Waals surface area contributed by atoms with E-state index in [1.54, 1.807) is 7.05 Å². The van der Waals surface area contributed by atoms with Gasteiger partial charge in [0.05, 0.1) is 5.02 Å². The second-order valence-corrected chi connectivity index (χ2v) is 6.95. The molecule has 5 nitrogen and oxygen atoms in total. The van der Waals surface area contributed by atoms with Crippen LogP contribution in [0.4, 0.5) is 5.82 Å². The van der Waals surface area contributed by atoms with Crippen LogP contribution in [0.3, 0.4) is 0 Å². The molecule has 0 atom stereocenters. The smallest absolute Gasteiger partial charge is 0.244 e. The molecule has 1 N–H and O–H groups in total. The molecule has 0 amide bonds. The lowest BCUT2D eigenvalue weighted by Crippen LogP contribution is -2.34. The van der Waals surface area contributed by atoms with E-state index in [9.17, 15) is 8.42 Å². The summed E-state index contributed by atoms with van der Waals surface area (Å²) in [6, 6.07) is 1.43. The van der Waals surface area contributed by atoms with Gasteiger partial charge in [0.2, 0.25) is 10.0 Å². The van der Waals surface area contributed by atoms with E-state index in [0.717, 1.165) is 0 Å². The highest BCUT2D eigenvalue weighted by molar-refractivity contribution is 7.89. The van der Waals surface area contributed by atoms with Gasteiger partial charge in [0, 0.05) is 26.3 Å². The molecule has 108 valence electrons. The van der Waals surface area contributed by atoms with Gasteiger partial charge in [-0.3, -0.25) is 0 Å². The van der Waals surface area contributed by atoms with Crippen LogP contribution in [-0.4, -0.2) is 37.8 Å². The molecule has 7 heteroatoms. The fraction of sp³-hybridized carbons (Fsp3) is 0.583. The number of rotatable bonds is 6. The summed E-state index contributed by atoms with van der Waals surface area (Å²) in [4.78, 5) is 4.13. The van der Waals surface area contributed by atoms with Crippen LogP contribution in [0.5, 0.6) is 0 Å². The molecule has 1 aromatic rings. The van der Waals surface area contributed by atoms with E-state index in [4.69, 9.17) is 11.6 Å². The molecular formula is C12H20ClN3O2S. The Kier molecular flexibility index (Phi) is 5.58. The molecular weight excluding hydrogens is 286 g/mol. The van der Waals surface area contributed by atoms with Gasteiger partial charge >= 0.3 is 0 Å². The first-order chi connectivity index (χ1) is 8.82. The molecule has 1 heterocycles. The van der Waals surface area contributed by atoms with E-state index < -0.39 is 10.0 Å². The highest BCUT2D eigenvalue weighted by Crippen LogP contribution is 2.24. The van der Waals surface area contributed by atoms with Crippen molar-refractivity contribution in [3.8, 4) is 0 Å². The number of pyridine rings is 1. The van der Waals surface area contributed by atoms with Crippen LogP contribution >= 0.6 is 11.6 Å². The molecule has 0 spiro atoms. The van der Waals surface area contributed by atoms with E-state index in [0.29, 0.717) is 23.9 Å². The van der Waals surface area contributed by atoms with Crippen LogP contribution in [0.1, 0.15) is 20.8 Å².